The number of nitrogens with zero attached hydrogens (tertiary/aromatic N) is 2. The molecule has 6 nitrogen and oxygen atoms in total. The van der Waals surface area contributed by atoms with E-state index in [1.54, 1.807) is 35.9 Å². The van der Waals surface area contributed by atoms with E-state index in [1.807, 2.05) is 6.92 Å². The molecule has 3 N–H and O–H groups in total. The Hall–Kier alpha value is -2.41. The Morgan fingerprint density at radius 3 is 2.87 bits per heavy atom. The van der Waals surface area contributed by atoms with Crippen LogP contribution in [0.25, 0.3) is 0 Å². The zero-order chi connectivity index (χ0) is 16.5. The number of thiophene rings is 1. The van der Waals surface area contributed by atoms with Gasteiger partial charge < -0.3 is 16.0 Å². The first-order valence-electron chi connectivity index (χ1n) is 7.44. The second-order valence-electron chi connectivity index (χ2n) is 4.87. The molecule has 2 rings (SSSR count). The third-order valence-electron chi connectivity index (χ3n) is 3.05. The first-order valence-corrected chi connectivity index (χ1v) is 8.32. The van der Waals surface area contributed by atoms with Gasteiger partial charge in [-0.05, 0) is 43.0 Å². The summed E-state index contributed by atoms with van der Waals surface area (Å²) in [6.45, 7) is 5.55. The van der Waals surface area contributed by atoms with E-state index >= 15 is 0 Å². The van der Waals surface area contributed by atoms with E-state index in [4.69, 9.17) is 0 Å². The number of aryl methyl sites for hydroxylation is 1. The summed E-state index contributed by atoms with van der Waals surface area (Å²) in [6, 6.07) is 5.65. The Bertz CT molecular complexity index is 654. The maximum absolute atomic E-state index is 11.9. The first-order chi connectivity index (χ1) is 11.2. The Morgan fingerprint density at radius 1 is 1.35 bits per heavy atom. The van der Waals surface area contributed by atoms with Crippen molar-refractivity contribution in [2.45, 2.75) is 20.4 Å². The van der Waals surface area contributed by atoms with Crippen LogP contribution in [0.4, 0.5) is 5.69 Å². The molecule has 7 heteroatoms. The largest absolute Gasteiger partial charge is 0.357 e. The van der Waals surface area contributed by atoms with Gasteiger partial charge in [-0.1, -0.05) is 0 Å². The van der Waals surface area contributed by atoms with Gasteiger partial charge in [-0.2, -0.15) is 0 Å². The SMILES string of the molecule is CCNC(=NCC(=O)Nc1cccnc1)NCc1sccc1C. The summed E-state index contributed by atoms with van der Waals surface area (Å²) in [5.41, 5.74) is 1.92. The van der Waals surface area contributed by atoms with Crippen LogP contribution in [0, 0.1) is 6.92 Å². The van der Waals surface area contributed by atoms with Crippen LogP contribution < -0.4 is 16.0 Å². The van der Waals surface area contributed by atoms with Crippen molar-refractivity contribution in [3.05, 3.63) is 46.4 Å². The Labute approximate surface area is 140 Å². The molecule has 1 amide bonds. The van der Waals surface area contributed by atoms with E-state index in [9.17, 15) is 4.79 Å². The van der Waals surface area contributed by atoms with Crippen molar-refractivity contribution in [1.82, 2.24) is 15.6 Å². The number of pyridine rings is 1. The third-order valence-corrected chi connectivity index (χ3v) is 4.08. The second kappa shape index (κ2) is 8.89. The van der Waals surface area contributed by atoms with E-state index in [-0.39, 0.29) is 12.5 Å². The van der Waals surface area contributed by atoms with E-state index in [0.717, 1.165) is 6.54 Å². The molecule has 23 heavy (non-hydrogen) atoms. The number of amides is 1. The molecule has 0 aliphatic rings. The fraction of sp³-hybridized carbons (Fsp3) is 0.312. The number of guanidine groups is 1. The number of hydrogen-bond donors (Lipinski definition) is 3. The van der Waals surface area contributed by atoms with Crippen molar-refractivity contribution in [2.75, 3.05) is 18.4 Å². The highest BCUT2D eigenvalue weighted by Crippen LogP contribution is 2.14. The number of aromatic nitrogens is 1. The molecule has 0 radical (unpaired) electrons. The molecule has 0 saturated carbocycles. The van der Waals surface area contributed by atoms with E-state index < -0.39 is 0 Å². The quantitative estimate of drug-likeness (QED) is 0.560. The lowest BCUT2D eigenvalue weighted by Gasteiger charge is -2.11. The average molecular weight is 331 g/mol. The molecule has 0 bridgehead atoms. The molecule has 0 aliphatic heterocycles. The lowest BCUT2D eigenvalue weighted by molar-refractivity contribution is -0.114. The molecular weight excluding hydrogens is 310 g/mol. The van der Waals surface area contributed by atoms with Crippen LogP contribution in [0.1, 0.15) is 17.4 Å². The van der Waals surface area contributed by atoms with Crippen LogP contribution in [-0.4, -0.2) is 29.9 Å². The van der Waals surface area contributed by atoms with Crippen molar-refractivity contribution in [1.29, 1.82) is 0 Å². The predicted octanol–water partition coefficient (Wildman–Crippen LogP) is 2.15. The van der Waals surface area contributed by atoms with Gasteiger partial charge in [0.25, 0.3) is 0 Å². The fourth-order valence-corrected chi connectivity index (χ4v) is 2.72. The number of hydrogen-bond acceptors (Lipinski definition) is 4. The summed E-state index contributed by atoms with van der Waals surface area (Å²) in [6.07, 6.45) is 3.26. The minimum absolute atomic E-state index is 0.0493. The number of anilines is 1. The Balaban J connectivity index is 1.87. The number of carbonyl (C=O) groups is 1. The summed E-state index contributed by atoms with van der Waals surface area (Å²) >= 11 is 1.70. The molecule has 0 aromatic carbocycles. The zero-order valence-corrected chi connectivity index (χ0v) is 14.1. The van der Waals surface area contributed by atoms with Gasteiger partial charge in [-0.15, -0.1) is 11.3 Å². The van der Waals surface area contributed by atoms with Gasteiger partial charge in [0.2, 0.25) is 5.91 Å². The number of nitrogens with one attached hydrogen (secondary N) is 3. The summed E-state index contributed by atoms with van der Waals surface area (Å²) < 4.78 is 0. The molecule has 0 saturated heterocycles. The third kappa shape index (κ3) is 5.71. The van der Waals surface area contributed by atoms with E-state index in [0.29, 0.717) is 18.2 Å². The monoisotopic (exact) mass is 331 g/mol. The number of aliphatic imine (C=N–C) groups is 1. The van der Waals surface area contributed by atoms with Crippen LogP contribution >= 0.6 is 11.3 Å². The van der Waals surface area contributed by atoms with Gasteiger partial charge in [0, 0.05) is 17.6 Å². The van der Waals surface area contributed by atoms with Crippen molar-refractivity contribution in [3.8, 4) is 0 Å². The summed E-state index contributed by atoms with van der Waals surface area (Å²) in [4.78, 5) is 21.4. The Kier molecular flexibility index (Phi) is 6.56. The molecule has 2 aromatic rings. The van der Waals surface area contributed by atoms with Crippen LogP contribution in [0.15, 0.2) is 41.0 Å². The van der Waals surface area contributed by atoms with Crippen molar-refractivity contribution in [2.24, 2.45) is 4.99 Å². The summed E-state index contributed by atoms with van der Waals surface area (Å²) in [5.74, 6) is 0.448. The zero-order valence-electron chi connectivity index (χ0n) is 13.3. The highest BCUT2D eigenvalue weighted by Gasteiger charge is 2.04. The molecule has 2 heterocycles. The standard InChI is InChI=1S/C16H21N5OS/c1-3-18-16(19-10-14-12(2)6-8-23-14)20-11-15(22)21-13-5-4-7-17-9-13/h4-9H,3,10-11H2,1-2H3,(H,21,22)(H2,18,19,20). The smallest absolute Gasteiger partial charge is 0.246 e. The van der Waals surface area contributed by atoms with Gasteiger partial charge in [0.05, 0.1) is 18.4 Å². The maximum Gasteiger partial charge on any atom is 0.246 e. The lowest BCUT2D eigenvalue weighted by Crippen LogP contribution is -2.37. The minimum Gasteiger partial charge on any atom is -0.357 e. The molecule has 2 aromatic heterocycles. The molecular formula is C16H21N5OS. The molecule has 0 unspecified atom stereocenters. The van der Waals surface area contributed by atoms with Crippen LogP contribution in [-0.2, 0) is 11.3 Å². The van der Waals surface area contributed by atoms with Crippen molar-refractivity contribution < 1.29 is 4.79 Å². The predicted molar refractivity (Wildman–Crippen MR) is 94.7 cm³/mol. The summed E-state index contributed by atoms with van der Waals surface area (Å²) in [5, 5.41) is 11.2. The highest BCUT2D eigenvalue weighted by molar-refractivity contribution is 7.10. The van der Waals surface area contributed by atoms with Gasteiger partial charge in [0.15, 0.2) is 5.96 Å². The van der Waals surface area contributed by atoms with Gasteiger partial charge >= 0.3 is 0 Å². The number of rotatable bonds is 6. The van der Waals surface area contributed by atoms with Gasteiger partial charge in [-0.25, -0.2) is 4.99 Å². The molecule has 0 atom stereocenters. The topological polar surface area (TPSA) is 78.4 Å². The van der Waals surface area contributed by atoms with Crippen molar-refractivity contribution >= 4 is 28.9 Å². The van der Waals surface area contributed by atoms with Crippen LogP contribution in [0.2, 0.25) is 0 Å². The van der Waals surface area contributed by atoms with E-state index in [1.165, 1.54) is 10.4 Å². The van der Waals surface area contributed by atoms with Crippen molar-refractivity contribution in [3.63, 3.8) is 0 Å². The van der Waals surface area contributed by atoms with Gasteiger partial charge in [-0.3, -0.25) is 9.78 Å². The molecule has 122 valence electrons. The van der Waals surface area contributed by atoms with Crippen LogP contribution in [0.3, 0.4) is 0 Å². The number of carbonyl (C=O) groups excluding carboxylic acids is 1. The van der Waals surface area contributed by atoms with Gasteiger partial charge in [0.1, 0.15) is 6.54 Å². The lowest BCUT2D eigenvalue weighted by atomic mass is 10.3. The molecule has 0 aliphatic carbocycles. The molecule has 0 fully saturated rings. The highest BCUT2D eigenvalue weighted by atomic mass is 32.1. The average Bonchev–Trinajstić information content (AvgIpc) is 2.96. The van der Waals surface area contributed by atoms with E-state index in [2.05, 4.69) is 44.3 Å². The normalized spacial score (nSPS) is 11.1. The second-order valence-corrected chi connectivity index (χ2v) is 5.87. The summed E-state index contributed by atoms with van der Waals surface area (Å²) in [7, 11) is 0. The molecule has 0 spiro atoms. The fourth-order valence-electron chi connectivity index (χ4n) is 1.88. The first kappa shape index (κ1) is 17.0. The van der Waals surface area contributed by atoms with Crippen LogP contribution in [0.5, 0.6) is 0 Å². The Morgan fingerprint density at radius 2 is 2.22 bits per heavy atom. The minimum atomic E-state index is -0.178. The maximum atomic E-state index is 11.9.